The first-order valence-corrected chi connectivity index (χ1v) is 5.32. The average molecular weight is 226 g/mol. The Hall–Kier alpha value is -1.51. The van der Waals surface area contributed by atoms with Crippen molar-refractivity contribution in [2.45, 2.75) is 40.2 Å². The Morgan fingerprint density at radius 3 is 2.19 bits per heavy atom. The molecule has 0 saturated carbocycles. The van der Waals surface area contributed by atoms with E-state index in [9.17, 15) is 4.79 Å². The van der Waals surface area contributed by atoms with Gasteiger partial charge in [0.05, 0.1) is 0 Å². The van der Waals surface area contributed by atoms with Gasteiger partial charge in [-0.3, -0.25) is 0 Å². The van der Waals surface area contributed by atoms with Crippen LogP contribution in [0.3, 0.4) is 0 Å². The first kappa shape index (κ1) is 16.9. The van der Waals surface area contributed by atoms with Crippen LogP contribution in [0.15, 0.2) is 36.6 Å². The quantitative estimate of drug-likeness (QED) is 0.576. The number of rotatable bonds is 5. The highest BCUT2D eigenvalue weighted by molar-refractivity contribution is 5.76. The lowest BCUT2D eigenvalue weighted by atomic mass is 10.1. The van der Waals surface area contributed by atoms with Crippen LogP contribution in [-0.2, 0) is 9.53 Å². The summed E-state index contributed by atoms with van der Waals surface area (Å²) in [4.78, 5) is 10.7. The highest BCUT2D eigenvalue weighted by Gasteiger charge is 2.29. The van der Waals surface area contributed by atoms with Gasteiger partial charge in [0, 0.05) is 0 Å². The first-order valence-electron chi connectivity index (χ1n) is 5.32. The molecule has 0 heterocycles. The van der Waals surface area contributed by atoms with Crippen LogP contribution < -0.4 is 0 Å². The van der Waals surface area contributed by atoms with E-state index in [0.29, 0.717) is 5.76 Å². The van der Waals surface area contributed by atoms with Gasteiger partial charge in [0.15, 0.2) is 5.60 Å². The second-order valence-electron chi connectivity index (χ2n) is 3.20. The van der Waals surface area contributed by atoms with Crippen molar-refractivity contribution in [2.75, 3.05) is 0 Å². The van der Waals surface area contributed by atoms with Crippen molar-refractivity contribution < 1.29 is 14.6 Å². The predicted octanol–water partition coefficient (Wildman–Crippen LogP) is 3.54. The molecular formula is C13H22O3. The molecule has 0 aliphatic heterocycles. The maximum Gasteiger partial charge on any atom is 0.347 e. The minimum atomic E-state index is -1.21. The Bertz CT molecular complexity index is 273. The van der Waals surface area contributed by atoms with Gasteiger partial charge in [-0.25, -0.2) is 4.79 Å². The fourth-order valence-electron chi connectivity index (χ4n) is 0.690. The van der Waals surface area contributed by atoms with Gasteiger partial charge < -0.3 is 9.84 Å². The summed E-state index contributed by atoms with van der Waals surface area (Å²) in [5.41, 5.74) is -1.21. The van der Waals surface area contributed by atoms with E-state index >= 15 is 0 Å². The van der Waals surface area contributed by atoms with Crippen molar-refractivity contribution in [3.05, 3.63) is 36.6 Å². The molecular weight excluding hydrogens is 204 g/mol. The number of carbonyl (C=O) groups is 1. The summed E-state index contributed by atoms with van der Waals surface area (Å²) in [6.07, 6.45) is 6.65. The van der Waals surface area contributed by atoms with Crippen molar-refractivity contribution in [3.8, 4) is 0 Å². The SMILES string of the molecule is C=C/C=C\C(=C/C)OC(C)(C)C(=O)O.CC. The van der Waals surface area contributed by atoms with Crippen molar-refractivity contribution >= 4 is 5.97 Å². The molecule has 0 fully saturated rings. The van der Waals surface area contributed by atoms with Crippen LogP contribution in [0.2, 0.25) is 0 Å². The van der Waals surface area contributed by atoms with Crippen LogP contribution in [0, 0.1) is 0 Å². The number of ether oxygens (including phenoxy) is 1. The molecule has 0 amide bonds. The molecule has 0 aromatic rings. The molecule has 0 spiro atoms. The van der Waals surface area contributed by atoms with E-state index < -0.39 is 11.6 Å². The Balaban J connectivity index is 0. The van der Waals surface area contributed by atoms with E-state index in [4.69, 9.17) is 9.84 Å². The van der Waals surface area contributed by atoms with Crippen molar-refractivity contribution in [1.29, 1.82) is 0 Å². The molecule has 3 nitrogen and oxygen atoms in total. The summed E-state index contributed by atoms with van der Waals surface area (Å²) in [5.74, 6) is -0.485. The Morgan fingerprint density at radius 1 is 1.38 bits per heavy atom. The van der Waals surface area contributed by atoms with Gasteiger partial charge in [0.25, 0.3) is 0 Å². The first-order chi connectivity index (χ1) is 7.44. The molecule has 3 heteroatoms. The molecule has 16 heavy (non-hydrogen) atoms. The molecule has 0 saturated heterocycles. The molecule has 0 atom stereocenters. The van der Waals surface area contributed by atoms with Crippen LogP contribution in [0.25, 0.3) is 0 Å². The topological polar surface area (TPSA) is 46.5 Å². The van der Waals surface area contributed by atoms with Gasteiger partial charge in [0.2, 0.25) is 0 Å². The Morgan fingerprint density at radius 2 is 1.88 bits per heavy atom. The van der Waals surface area contributed by atoms with E-state index in [-0.39, 0.29) is 0 Å². The molecule has 0 aromatic carbocycles. The fraction of sp³-hybridized carbons (Fsp3) is 0.462. The van der Waals surface area contributed by atoms with Crippen LogP contribution in [0.4, 0.5) is 0 Å². The van der Waals surface area contributed by atoms with Crippen molar-refractivity contribution in [1.82, 2.24) is 0 Å². The van der Waals surface area contributed by atoms with E-state index in [1.54, 1.807) is 31.2 Å². The number of hydrogen-bond donors (Lipinski definition) is 1. The molecule has 0 aromatic heterocycles. The number of carboxylic acids is 1. The molecule has 0 bridgehead atoms. The second kappa shape index (κ2) is 8.77. The summed E-state index contributed by atoms with van der Waals surface area (Å²) in [6.45, 7) is 12.3. The third-order valence-corrected chi connectivity index (χ3v) is 1.57. The second-order valence-corrected chi connectivity index (χ2v) is 3.20. The Labute approximate surface area is 98.1 Å². The highest BCUT2D eigenvalue weighted by Crippen LogP contribution is 2.15. The minimum absolute atomic E-state index is 0.511. The van der Waals surface area contributed by atoms with Gasteiger partial charge in [-0.05, 0) is 32.9 Å². The normalized spacial score (nSPS) is 11.7. The van der Waals surface area contributed by atoms with Crippen molar-refractivity contribution in [2.24, 2.45) is 0 Å². The summed E-state index contributed by atoms with van der Waals surface area (Å²) in [5, 5.41) is 8.81. The van der Waals surface area contributed by atoms with Crippen molar-refractivity contribution in [3.63, 3.8) is 0 Å². The zero-order chi connectivity index (χ0) is 13.2. The molecule has 1 N–H and O–H groups in total. The number of carboxylic acid groups (broad SMARTS) is 1. The average Bonchev–Trinajstić information content (AvgIpc) is 2.26. The number of hydrogen-bond acceptors (Lipinski definition) is 2. The van der Waals surface area contributed by atoms with Gasteiger partial charge in [-0.2, -0.15) is 0 Å². The molecule has 0 radical (unpaired) electrons. The van der Waals surface area contributed by atoms with E-state index in [1.807, 2.05) is 13.8 Å². The van der Waals surface area contributed by atoms with Gasteiger partial charge >= 0.3 is 5.97 Å². The van der Waals surface area contributed by atoms with Crippen LogP contribution in [0.5, 0.6) is 0 Å². The summed E-state index contributed by atoms with van der Waals surface area (Å²) >= 11 is 0. The van der Waals surface area contributed by atoms with E-state index in [1.165, 1.54) is 13.8 Å². The van der Waals surface area contributed by atoms with Crippen LogP contribution in [-0.4, -0.2) is 16.7 Å². The molecule has 0 rings (SSSR count). The molecule has 0 unspecified atom stereocenters. The van der Waals surface area contributed by atoms with Gasteiger partial charge in [0.1, 0.15) is 5.76 Å². The predicted molar refractivity (Wildman–Crippen MR) is 67.2 cm³/mol. The lowest BCUT2D eigenvalue weighted by molar-refractivity contribution is -0.156. The molecule has 92 valence electrons. The summed E-state index contributed by atoms with van der Waals surface area (Å²) in [7, 11) is 0. The van der Waals surface area contributed by atoms with Gasteiger partial charge in [-0.15, -0.1) is 0 Å². The summed E-state index contributed by atoms with van der Waals surface area (Å²) in [6, 6.07) is 0. The standard InChI is InChI=1S/C11H16O3.C2H6/c1-5-7-8-9(6-2)14-11(3,4)10(12)13;1-2/h5-8H,1H2,2-4H3,(H,12,13);1-2H3/b8-7-,9-6+;. The maximum atomic E-state index is 10.7. The molecule has 0 aliphatic rings. The smallest absolute Gasteiger partial charge is 0.347 e. The third-order valence-electron chi connectivity index (χ3n) is 1.57. The molecule has 0 aliphatic carbocycles. The number of allylic oxidation sites excluding steroid dienone is 4. The maximum absolute atomic E-state index is 10.7. The number of aliphatic carboxylic acids is 1. The van der Waals surface area contributed by atoms with Crippen LogP contribution >= 0.6 is 0 Å². The third kappa shape index (κ3) is 6.87. The highest BCUT2D eigenvalue weighted by atomic mass is 16.5. The van der Waals surface area contributed by atoms with Crippen LogP contribution in [0.1, 0.15) is 34.6 Å². The fourth-order valence-corrected chi connectivity index (χ4v) is 0.690. The monoisotopic (exact) mass is 226 g/mol. The summed E-state index contributed by atoms with van der Waals surface area (Å²) < 4.78 is 5.28. The van der Waals surface area contributed by atoms with E-state index in [2.05, 4.69) is 6.58 Å². The zero-order valence-electron chi connectivity index (χ0n) is 10.8. The van der Waals surface area contributed by atoms with Gasteiger partial charge in [-0.1, -0.05) is 32.6 Å². The lowest BCUT2D eigenvalue weighted by Gasteiger charge is -2.21. The zero-order valence-corrected chi connectivity index (χ0v) is 10.8. The lowest BCUT2D eigenvalue weighted by Crippen LogP contribution is -2.34. The largest absolute Gasteiger partial charge is 0.478 e. The minimum Gasteiger partial charge on any atom is -0.478 e. The van der Waals surface area contributed by atoms with E-state index in [0.717, 1.165) is 0 Å². The Kier molecular flexibility index (Phi) is 9.27.